The van der Waals surface area contributed by atoms with Gasteiger partial charge in [0.25, 0.3) is 24.1 Å². The van der Waals surface area contributed by atoms with Crippen molar-refractivity contribution in [3.05, 3.63) is 0 Å². The standard InChI is InChI=1S/C11H16N4O2/c1-3-5-14-9-8(12-7-13-9)10(16)15(6-4-2)11(14)17/h7-8H,3-6H2,1-2H3/p+1. The number of hydrogen-bond acceptors (Lipinski definition) is 3. The molecule has 0 aromatic rings. The van der Waals surface area contributed by atoms with Gasteiger partial charge in [0.15, 0.2) is 0 Å². The molecule has 1 N–H and O–H groups in total. The average molecular weight is 237 g/mol. The van der Waals surface area contributed by atoms with Crippen LogP contribution in [0.1, 0.15) is 26.7 Å². The van der Waals surface area contributed by atoms with E-state index >= 15 is 0 Å². The molecule has 6 nitrogen and oxygen atoms in total. The molecule has 1 atom stereocenters. The zero-order valence-corrected chi connectivity index (χ0v) is 10.1. The summed E-state index contributed by atoms with van der Waals surface area (Å²) >= 11 is 0. The lowest BCUT2D eigenvalue weighted by atomic mass is 10.1. The molecule has 0 bridgehead atoms. The zero-order valence-electron chi connectivity index (χ0n) is 10.1. The number of hydrogen-bond donors (Lipinski definition) is 1. The van der Waals surface area contributed by atoms with Crippen LogP contribution in [0.5, 0.6) is 0 Å². The van der Waals surface area contributed by atoms with Crippen LogP contribution in [0, 0.1) is 0 Å². The van der Waals surface area contributed by atoms with E-state index in [-0.39, 0.29) is 11.9 Å². The van der Waals surface area contributed by atoms with E-state index in [4.69, 9.17) is 0 Å². The Morgan fingerprint density at radius 2 is 1.88 bits per heavy atom. The van der Waals surface area contributed by atoms with Gasteiger partial charge in [-0.2, -0.15) is 0 Å². The third-order valence-corrected chi connectivity index (χ3v) is 2.84. The van der Waals surface area contributed by atoms with E-state index in [9.17, 15) is 9.59 Å². The Hall–Kier alpha value is -1.72. The largest absolute Gasteiger partial charge is 0.334 e. The summed E-state index contributed by atoms with van der Waals surface area (Å²) < 4.78 is 0. The van der Waals surface area contributed by atoms with Crippen molar-refractivity contribution in [1.82, 2.24) is 9.80 Å². The number of nitrogens with one attached hydrogen (secondary N) is 1. The van der Waals surface area contributed by atoms with Crippen LogP contribution in [0.15, 0.2) is 4.99 Å². The van der Waals surface area contributed by atoms with Gasteiger partial charge in [-0.3, -0.25) is 19.6 Å². The van der Waals surface area contributed by atoms with Gasteiger partial charge in [-0.25, -0.2) is 4.79 Å². The lowest BCUT2D eigenvalue weighted by Crippen LogP contribution is -2.84. The molecule has 0 radical (unpaired) electrons. The molecule has 2 aliphatic rings. The van der Waals surface area contributed by atoms with Crippen LogP contribution >= 0.6 is 0 Å². The molecule has 2 heterocycles. The van der Waals surface area contributed by atoms with Crippen LogP contribution in [-0.2, 0) is 4.79 Å². The van der Waals surface area contributed by atoms with Gasteiger partial charge in [-0.1, -0.05) is 13.8 Å². The molecule has 3 amide bonds. The van der Waals surface area contributed by atoms with Crippen LogP contribution in [0.2, 0.25) is 0 Å². The summed E-state index contributed by atoms with van der Waals surface area (Å²) in [4.78, 5) is 34.1. The summed E-state index contributed by atoms with van der Waals surface area (Å²) in [5.74, 6) is 0.339. The number of carbonyl (C=O) groups excluding carboxylic acids is 2. The molecule has 1 unspecified atom stereocenters. The Morgan fingerprint density at radius 3 is 2.53 bits per heavy atom. The number of amides is 3. The first kappa shape index (κ1) is 11.8. The second-order valence-corrected chi connectivity index (χ2v) is 4.14. The van der Waals surface area contributed by atoms with Gasteiger partial charge < -0.3 is 0 Å². The van der Waals surface area contributed by atoms with E-state index in [0.29, 0.717) is 18.9 Å². The second-order valence-electron chi connectivity index (χ2n) is 4.14. The van der Waals surface area contributed by atoms with Crippen molar-refractivity contribution >= 4 is 24.1 Å². The van der Waals surface area contributed by atoms with Crippen molar-refractivity contribution in [1.29, 1.82) is 0 Å². The fourth-order valence-corrected chi connectivity index (χ4v) is 2.09. The summed E-state index contributed by atoms with van der Waals surface area (Å²) in [5.41, 5.74) is 0. The minimum atomic E-state index is -0.481. The number of imide groups is 1. The number of rotatable bonds is 4. The second kappa shape index (κ2) is 4.65. The van der Waals surface area contributed by atoms with Gasteiger partial charge in [0.1, 0.15) is 0 Å². The highest BCUT2D eigenvalue weighted by atomic mass is 16.2. The molecule has 0 spiro atoms. The van der Waals surface area contributed by atoms with Crippen LogP contribution in [0.25, 0.3) is 0 Å². The molecule has 1 saturated heterocycles. The van der Waals surface area contributed by atoms with Gasteiger partial charge in [0.05, 0.1) is 0 Å². The fourth-order valence-electron chi connectivity index (χ4n) is 2.09. The molecule has 0 aromatic heterocycles. The predicted octanol–water partition coefficient (Wildman–Crippen LogP) is -1.04. The first-order valence-corrected chi connectivity index (χ1v) is 5.99. The van der Waals surface area contributed by atoms with E-state index in [0.717, 1.165) is 12.8 Å². The minimum Gasteiger partial charge on any atom is -0.269 e. The van der Waals surface area contributed by atoms with Gasteiger partial charge in [0, 0.05) is 13.1 Å². The predicted molar refractivity (Wildman–Crippen MR) is 62.6 cm³/mol. The maximum absolute atomic E-state index is 12.2. The maximum atomic E-state index is 12.2. The highest BCUT2D eigenvalue weighted by Crippen LogP contribution is 2.14. The number of fused-ring (bicyclic) bond motifs is 1. The lowest BCUT2D eigenvalue weighted by molar-refractivity contribution is -0.461. The highest BCUT2D eigenvalue weighted by Gasteiger charge is 2.49. The third-order valence-electron chi connectivity index (χ3n) is 2.84. The smallest absolute Gasteiger partial charge is 0.269 e. The van der Waals surface area contributed by atoms with E-state index in [2.05, 4.69) is 9.98 Å². The molecular formula is C11H17N4O2+. The molecule has 17 heavy (non-hydrogen) atoms. The summed E-state index contributed by atoms with van der Waals surface area (Å²) in [7, 11) is 0. The van der Waals surface area contributed by atoms with Crippen molar-refractivity contribution in [3.63, 3.8) is 0 Å². The van der Waals surface area contributed by atoms with Gasteiger partial charge in [-0.15, -0.1) is 0 Å². The Balaban J connectivity index is 2.29. The summed E-state index contributed by atoms with van der Waals surface area (Å²) in [6.07, 6.45) is 3.09. The topological polar surface area (TPSA) is 67.0 Å². The Kier molecular flexibility index (Phi) is 3.21. The van der Waals surface area contributed by atoms with Crippen LogP contribution < -0.4 is 4.99 Å². The van der Waals surface area contributed by atoms with Crippen molar-refractivity contribution in [3.8, 4) is 0 Å². The molecule has 1 fully saturated rings. The molecule has 6 heteroatoms. The fraction of sp³-hybridized carbons (Fsp3) is 0.636. The number of aliphatic imine (C=N–C) groups is 1. The molecule has 2 aliphatic heterocycles. The number of urea groups is 1. The Bertz CT molecular complexity index is 402. The lowest BCUT2D eigenvalue weighted by Gasteiger charge is -2.33. The van der Waals surface area contributed by atoms with E-state index < -0.39 is 6.04 Å². The van der Waals surface area contributed by atoms with E-state index in [1.165, 1.54) is 11.2 Å². The quantitative estimate of drug-likeness (QED) is 0.678. The van der Waals surface area contributed by atoms with E-state index in [1.54, 1.807) is 4.90 Å². The van der Waals surface area contributed by atoms with Crippen LogP contribution in [-0.4, -0.2) is 53.0 Å². The Morgan fingerprint density at radius 1 is 1.24 bits per heavy atom. The molecule has 0 saturated carbocycles. The molecule has 92 valence electrons. The maximum Gasteiger partial charge on any atom is 0.334 e. The summed E-state index contributed by atoms with van der Waals surface area (Å²) in [5, 5.41) is 0. The van der Waals surface area contributed by atoms with Crippen LogP contribution in [0.3, 0.4) is 0 Å². The first-order chi connectivity index (χ1) is 8.20. The minimum absolute atomic E-state index is 0.197. The van der Waals surface area contributed by atoms with E-state index in [1.807, 2.05) is 13.8 Å². The van der Waals surface area contributed by atoms with Gasteiger partial charge in [-0.05, 0) is 17.8 Å². The number of nitrogens with zero attached hydrogens (tertiary/aromatic N) is 3. The van der Waals surface area contributed by atoms with Crippen molar-refractivity contribution in [2.24, 2.45) is 4.99 Å². The molecule has 0 aliphatic carbocycles. The third kappa shape index (κ3) is 1.83. The average Bonchev–Trinajstić information content (AvgIpc) is 2.79. The van der Waals surface area contributed by atoms with Crippen molar-refractivity contribution in [2.45, 2.75) is 32.7 Å². The van der Waals surface area contributed by atoms with Gasteiger partial charge >= 0.3 is 6.03 Å². The van der Waals surface area contributed by atoms with Crippen molar-refractivity contribution in [2.75, 3.05) is 13.1 Å². The van der Waals surface area contributed by atoms with Crippen molar-refractivity contribution < 1.29 is 14.6 Å². The SMILES string of the molecule is CCCN1C(=O)C2[NH+]=CN=C2N(CCC)C1=O. The number of carbonyl (C=O) groups is 2. The first-order valence-electron chi connectivity index (χ1n) is 5.99. The summed E-state index contributed by atoms with van der Waals surface area (Å²) in [6.45, 7) is 5.00. The molecule has 0 aromatic carbocycles. The van der Waals surface area contributed by atoms with Gasteiger partial charge in [0.2, 0.25) is 0 Å². The van der Waals surface area contributed by atoms with Crippen LogP contribution in [0.4, 0.5) is 4.79 Å². The molecular weight excluding hydrogens is 220 g/mol. The highest BCUT2D eigenvalue weighted by molar-refractivity contribution is 6.21. The molecule has 2 rings (SSSR count). The monoisotopic (exact) mass is 237 g/mol. The zero-order chi connectivity index (χ0) is 12.4. The summed E-state index contributed by atoms with van der Waals surface area (Å²) in [6, 6.07) is -0.725. The normalized spacial score (nSPS) is 23.2. The number of amidine groups is 1. The Labute approximate surface area is 100 Å².